The fourth-order valence-corrected chi connectivity index (χ4v) is 9.17. The summed E-state index contributed by atoms with van der Waals surface area (Å²) in [5, 5.41) is 10.3. The molecule has 4 rings (SSSR count). The minimum Gasteiger partial charge on any atom is -0.394 e. The Morgan fingerprint density at radius 2 is 1.92 bits per heavy atom. The summed E-state index contributed by atoms with van der Waals surface area (Å²) in [6.07, 6.45) is 6.26. The molecule has 1 N–H and O–H groups in total. The SMILES string of the molecule is C=CCN(CCC)C(=O)[C@@H]1[C@H]2C(=O)N([C@@H](CC)CO)C(C(=O)N(CC=C)c3cc(C)ccc3C)C23CC[C@H]1S3. The zero-order chi connectivity index (χ0) is 28.5. The maximum Gasteiger partial charge on any atom is 0.251 e. The summed E-state index contributed by atoms with van der Waals surface area (Å²) in [5.74, 6) is -1.41. The Labute approximate surface area is 237 Å². The zero-order valence-electron chi connectivity index (χ0n) is 23.8. The van der Waals surface area contributed by atoms with E-state index < -0.39 is 28.7 Å². The maximum absolute atomic E-state index is 14.7. The van der Waals surface area contributed by atoms with Gasteiger partial charge in [-0.2, -0.15) is 0 Å². The van der Waals surface area contributed by atoms with Crippen molar-refractivity contribution in [3.05, 3.63) is 54.6 Å². The number of nitrogens with zero attached hydrogens (tertiary/aromatic N) is 3. The van der Waals surface area contributed by atoms with Crippen LogP contribution in [0.25, 0.3) is 0 Å². The Kier molecular flexibility index (Phi) is 8.96. The van der Waals surface area contributed by atoms with Gasteiger partial charge in [0.1, 0.15) is 6.04 Å². The number of aliphatic hydroxyl groups excluding tert-OH is 1. The number of carbonyl (C=O) groups is 3. The summed E-state index contributed by atoms with van der Waals surface area (Å²) in [5.41, 5.74) is 2.80. The van der Waals surface area contributed by atoms with Crippen molar-refractivity contribution in [1.82, 2.24) is 9.80 Å². The number of anilines is 1. The molecule has 1 spiro atoms. The molecule has 0 saturated carbocycles. The van der Waals surface area contributed by atoms with Gasteiger partial charge in [0.15, 0.2) is 0 Å². The normalized spacial score (nSPS) is 27.8. The van der Waals surface area contributed by atoms with Gasteiger partial charge in [-0.15, -0.1) is 24.9 Å². The highest BCUT2D eigenvalue weighted by molar-refractivity contribution is 8.02. The van der Waals surface area contributed by atoms with E-state index >= 15 is 0 Å². The third kappa shape index (κ3) is 4.84. The monoisotopic (exact) mass is 553 g/mol. The highest BCUT2D eigenvalue weighted by Crippen LogP contribution is 2.67. The number of hydrogen-bond donors (Lipinski definition) is 1. The van der Waals surface area contributed by atoms with E-state index in [-0.39, 0.29) is 29.6 Å². The molecule has 8 heteroatoms. The largest absolute Gasteiger partial charge is 0.394 e. The molecule has 7 nitrogen and oxygen atoms in total. The average molecular weight is 554 g/mol. The highest BCUT2D eigenvalue weighted by Gasteiger charge is 2.74. The molecule has 3 amide bonds. The number of hydrogen-bond acceptors (Lipinski definition) is 5. The fraction of sp³-hybridized carbons (Fsp3) is 0.581. The van der Waals surface area contributed by atoms with Gasteiger partial charge in [-0.3, -0.25) is 14.4 Å². The summed E-state index contributed by atoms with van der Waals surface area (Å²) in [7, 11) is 0. The van der Waals surface area contributed by atoms with Crippen molar-refractivity contribution in [2.45, 2.75) is 75.5 Å². The summed E-state index contributed by atoms with van der Waals surface area (Å²) >= 11 is 1.67. The Balaban J connectivity index is 1.82. The summed E-state index contributed by atoms with van der Waals surface area (Å²) in [4.78, 5) is 48.2. The van der Waals surface area contributed by atoms with E-state index in [1.165, 1.54) is 0 Å². The van der Waals surface area contributed by atoms with E-state index in [4.69, 9.17) is 0 Å². The lowest BCUT2D eigenvalue weighted by molar-refractivity contribution is -0.145. The number of likely N-dealkylation sites (tertiary alicyclic amines) is 1. The third-order valence-corrected chi connectivity index (χ3v) is 10.7. The average Bonchev–Trinajstić information content (AvgIpc) is 3.56. The Bertz CT molecular complexity index is 1130. The molecule has 212 valence electrons. The number of fused-ring (bicyclic) bond motifs is 1. The van der Waals surface area contributed by atoms with Crippen LogP contribution in [-0.4, -0.2) is 80.9 Å². The van der Waals surface area contributed by atoms with Crippen LogP contribution in [-0.2, 0) is 14.4 Å². The van der Waals surface area contributed by atoms with Gasteiger partial charge in [0, 0.05) is 30.6 Å². The van der Waals surface area contributed by atoms with Crippen molar-refractivity contribution < 1.29 is 19.5 Å². The maximum atomic E-state index is 14.7. The van der Waals surface area contributed by atoms with Gasteiger partial charge < -0.3 is 19.8 Å². The molecule has 1 aromatic carbocycles. The molecule has 0 aliphatic carbocycles. The number of carbonyl (C=O) groups excluding carboxylic acids is 3. The molecule has 1 aromatic rings. The number of benzene rings is 1. The Morgan fingerprint density at radius 1 is 1.21 bits per heavy atom. The second-order valence-corrected chi connectivity index (χ2v) is 12.7. The van der Waals surface area contributed by atoms with Gasteiger partial charge in [0.2, 0.25) is 11.8 Å². The highest BCUT2D eigenvalue weighted by atomic mass is 32.2. The molecule has 3 aliphatic rings. The number of aliphatic hydroxyl groups is 1. The smallest absolute Gasteiger partial charge is 0.251 e. The van der Waals surface area contributed by atoms with E-state index in [0.29, 0.717) is 32.5 Å². The molecule has 2 bridgehead atoms. The van der Waals surface area contributed by atoms with Crippen LogP contribution in [0.15, 0.2) is 43.5 Å². The van der Waals surface area contributed by atoms with Crippen molar-refractivity contribution in [2.24, 2.45) is 11.8 Å². The van der Waals surface area contributed by atoms with Gasteiger partial charge in [0.05, 0.1) is 29.2 Å². The summed E-state index contributed by atoms with van der Waals surface area (Å²) in [6.45, 7) is 16.8. The van der Waals surface area contributed by atoms with Gasteiger partial charge in [-0.25, -0.2) is 0 Å². The zero-order valence-corrected chi connectivity index (χ0v) is 24.6. The van der Waals surface area contributed by atoms with Crippen molar-refractivity contribution in [3.8, 4) is 0 Å². The first kappa shape index (κ1) is 29.4. The molecular weight excluding hydrogens is 510 g/mol. The van der Waals surface area contributed by atoms with E-state index in [9.17, 15) is 19.5 Å². The van der Waals surface area contributed by atoms with Crippen molar-refractivity contribution in [1.29, 1.82) is 0 Å². The molecule has 3 fully saturated rings. The topological polar surface area (TPSA) is 81.2 Å². The Morgan fingerprint density at radius 3 is 2.54 bits per heavy atom. The molecule has 6 atom stereocenters. The number of amides is 3. The van der Waals surface area contributed by atoms with Crippen LogP contribution in [0.1, 0.15) is 50.7 Å². The molecule has 3 heterocycles. The van der Waals surface area contributed by atoms with Crippen LogP contribution >= 0.6 is 11.8 Å². The minimum absolute atomic E-state index is 0.00386. The molecule has 0 aromatic heterocycles. The van der Waals surface area contributed by atoms with E-state index in [1.807, 2.05) is 50.8 Å². The van der Waals surface area contributed by atoms with Crippen molar-refractivity contribution in [2.75, 3.05) is 31.1 Å². The van der Waals surface area contributed by atoms with Crippen LogP contribution < -0.4 is 4.90 Å². The van der Waals surface area contributed by atoms with Crippen LogP contribution in [0.2, 0.25) is 0 Å². The fourth-order valence-electron chi connectivity index (χ4n) is 6.98. The Hall–Kier alpha value is -2.58. The molecule has 0 radical (unpaired) electrons. The van der Waals surface area contributed by atoms with Crippen LogP contribution in [0.4, 0.5) is 5.69 Å². The lowest BCUT2D eigenvalue weighted by Gasteiger charge is -2.39. The predicted octanol–water partition coefficient (Wildman–Crippen LogP) is 4.11. The van der Waals surface area contributed by atoms with Crippen LogP contribution in [0.5, 0.6) is 0 Å². The van der Waals surface area contributed by atoms with Crippen LogP contribution in [0, 0.1) is 25.7 Å². The lowest BCUT2D eigenvalue weighted by Crippen LogP contribution is -2.57. The van der Waals surface area contributed by atoms with Gasteiger partial charge in [-0.1, -0.05) is 38.1 Å². The quantitative estimate of drug-likeness (QED) is 0.394. The summed E-state index contributed by atoms with van der Waals surface area (Å²) in [6, 6.07) is 4.76. The lowest BCUT2D eigenvalue weighted by atomic mass is 9.70. The first-order valence-corrected chi connectivity index (χ1v) is 15.1. The van der Waals surface area contributed by atoms with Gasteiger partial charge in [0.25, 0.3) is 5.91 Å². The molecule has 3 aliphatic heterocycles. The van der Waals surface area contributed by atoms with E-state index in [0.717, 1.165) is 29.7 Å². The second kappa shape index (κ2) is 11.9. The molecular formula is C31H43N3O4S. The number of rotatable bonds is 12. The van der Waals surface area contributed by atoms with Crippen molar-refractivity contribution >= 4 is 35.2 Å². The number of aryl methyl sites for hydroxylation is 2. The standard InChI is InChI=1S/C31H43N3O4S/c1-7-15-32(16-8-2)28(36)25-24-13-14-31(39-24)26(25)29(37)34(22(10-4)19-35)27(31)30(38)33(17-9-3)23-18-20(5)11-12-21(23)6/h7,9,11-12,18,22,24-27,35H,1,3,8,10,13-17,19H2,2,4-6H3/t22-,24+,25-,26-,27?,31?/m0/s1. The predicted molar refractivity (Wildman–Crippen MR) is 158 cm³/mol. The number of thioether (sulfide) groups is 1. The first-order chi connectivity index (χ1) is 18.7. The second-order valence-electron chi connectivity index (χ2n) is 11.1. The van der Waals surface area contributed by atoms with Crippen molar-refractivity contribution in [3.63, 3.8) is 0 Å². The molecule has 2 unspecified atom stereocenters. The first-order valence-electron chi connectivity index (χ1n) is 14.2. The van der Waals surface area contributed by atoms with E-state index in [1.54, 1.807) is 33.7 Å². The van der Waals surface area contributed by atoms with Gasteiger partial charge >= 0.3 is 0 Å². The summed E-state index contributed by atoms with van der Waals surface area (Å²) < 4.78 is -0.703. The van der Waals surface area contributed by atoms with Crippen LogP contribution in [0.3, 0.4) is 0 Å². The molecule has 3 saturated heterocycles. The minimum atomic E-state index is -0.765. The van der Waals surface area contributed by atoms with E-state index in [2.05, 4.69) is 13.2 Å². The molecule has 39 heavy (non-hydrogen) atoms. The third-order valence-electron chi connectivity index (χ3n) is 8.72. The van der Waals surface area contributed by atoms with Gasteiger partial charge in [-0.05, 0) is 56.7 Å².